The molecular formula is C15H26O3. The van der Waals surface area contributed by atoms with E-state index in [9.17, 15) is 9.90 Å². The van der Waals surface area contributed by atoms with E-state index in [1.54, 1.807) is 0 Å². The highest BCUT2D eigenvalue weighted by Gasteiger charge is 2.42. The van der Waals surface area contributed by atoms with Gasteiger partial charge in [-0.2, -0.15) is 0 Å². The lowest BCUT2D eigenvalue weighted by molar-refractivity contribution is -0.150. The van der Waals surface area contributed by atoms with Crippen LogP contribution in [0.25, 0.3) is 0 Å². The van der Waals surface area contributed by atoms with Gasteiger partial charge in [-0.25, -0.2) is 0 Å². The molecule has 0 aromatic heterocycles. The second-order valence-corrected chi connectivity index (χ2v) is 5.69. The van der Waals surface area contributed by atoms with Gasteiger partial charge in [0, 0.05) is 0 Å². The first kappa shape index (κ1) is 15.2. The molecule has 0 amide bonds. The Morgan fingerprint density at radius 1 is 1.44 bits per heavy atom. The van der Waals surface area contributed by atoms with Crippen molar-refractivity contribution in [3.63, 3.8) is 0 Å². The van der Waals surface area contributed by atoms with E-state index in [0.29, 0.717) is 5.92 Å². The molecule has 1 N–H and O–H groups in total. The van der Waals surface area contributed by atoms with Crippen molar-refractivity contribution in [3.05, 3.63) is 11.6 Å². The maximum absolute atomic E-state index is 11.7. The highest BCUT2D eigenvalue weighted by molar-refractivity contribution is 5.73. The Kier molecular flexibility index (Phi) is 5.86. The fourth-order valence-corrected chi connectivity index (χ4v) is 2.96. The molecule has 0 spiro atoms. The number of hydrogen-bond acceptors (Lipinski definition) is 3. The van der Waals surface area contributed by atoms with Gasteiger partial charge in [0.25, 0.3) is 0 Å². The molecule has 0 aromatic carbocycles. The van der Waals surface area contributed by atoms with Crippen LogP contribution in [0.1, 0.15) is 46.5 Å². The predicted octanol–water partition coefficient (Wildman–Crippen LogP) is 2.93. The topological polar surface area (TPSA) is 46.5 Å². The summed E-state index contributed by atoms with van der Waals surface area (Å²) < 4.78 is 4.82. The zero-order valence-corrected chi connectivity index (χ0v) is 12.0. The second kappa shape index (κ2) is 6.93. The van der Waals surface area contributed by atoms with Gasteiger partial charge in [0.2, 0.25) is 0 Å². The number of allylic oxidation sites excluding steroid dienone is 2. The van der Waals surface area contributed by atoms with E-state index < -0.39 is 6.10 Å². The number of aliphatic hydroxyl groups excluding tert-OH is 1. The Hall–Kier alpha value is -0.830. The quantitative estimate of drug-likeness (QED) is 0.606. The Morgan fingerprint density at radius 2 is 2.11 bits per heavy atom. The lowest BCUT2D eigenvalue weighted by Gasteiger charge is -2.25. The van der Waals surface area contributed by atoms with Gasteiger partial charge in [-0.3, -0.25) is 4.79 Å². The molecule has 0 bridgehead atoms. The molecule has 0 saturated heterocycles. The number of carbonyl (C=O) groups is 1. The zero-order chi connectivity index (χ0) is 13.7. The molecule has 3 heteroatoms. The van der Waals surface area contributed by atoms with Gasteiger partial charge in [0.15, 0.2) is 0 Å². The average Bonchev–Trinajstić information content (AvgIpc) is 2.69. The number of hydrogen-bond donors (Lipinski definition) is 1. The number of methoxy groups -OCH3 is 1. The average molecular weight is 254 g/mol. The van der Waals surface area contributed by atoms with Crippen molar-refractivity contribution >= 4 is 5.97 Å². The maximum atomic E-state index is 11.7. The summed E-state index contributed by atoms with van der Waals surface area (Å²) in [5.74, 6) is 0.135. The van der Waals surface area contributed by atoms with Gasteiger partial charge in [0.05, 0.1) is 19.1 Å². The Labute approximate surface area is 110 Å². The van der Waals surface area contributed by atoms with E-state index in [0.717, 1.165) is 25.7 Å². The van der Waals surface area contributed by atoms with Crippen LogP contribution in [0.4, 0.5) is 0 Å². The third-order valence-electron chi connectivity index (χ3n) is 4.05. The molecule has 1 unspecified atom stereocenters. The van der Waals surface area contributed by atoms with Gasteiger partial charge in [0.1, 0.15) is 0 Å². The zero-order valence-electron chi connectivity index (χ0n) is 12.0. The third kappa shape index (κ3) is 3.84. The fourth-order valence-electron chi connectivity index (χ4n) is 2.96. The SMILES string of the molecule is COC(=O)C1[C@H]([C@H](C)CCC=C(C)C)CC[C@@H]1O. The molecule has 1 saturated carbocycles. The number of rotatable bonds is 5. The fraction of sp³-hybridized carbons (Fsp3) is 0.800. The van der Waals surface area contributed by atoms with Gasteiger partial charge in [-0.05, 0) is 51.4 Å². The number of carbonyl (C=O) groups excluding carboxylic acids is 1. The minimum atomic E-state index is -0.520. The van der Waals surface area contributed by atoms with E-state index in [1.165, 1.54) is 12.7 Å². The van der Waals surface area contributed by atoms with Crippen molar-refractivity contribution in [3.8, 4) is 0 Å². The van der Waals surface area contributed by atoms with Gasteiger partial charge >= 0.3 is 5.97 Å². The minimum Gasteiger partial charge on any atom is -0.469 e. The molecule has 1 fully saturated rings. The molecule has 18 heavy (non-hydrogen) atoms. The molecule has 1 rings (SSSR count). The van der Waals surface area contributed by atoms with Gasteiger partial charge < -0.3 is 9.84 Å². The van der Waals surface area contributed by atoms with Crippen LogP contribution in [0.5, 0.6) is 0 Å². The molecule has 1 aliphatic carbocycles. The van der Waals surface area contributed by atoms with Crippen LogP contribution in [0, 0.1) is 17.8 Å². The summed E-state index contributed by atoms with van der Waals surface area (Å²) >= 11 is 0. The van der Waals surface area contributed by atoms with Crippen molar-refractivity contribution in [1.29, 1.82) is 0 Å². The van der Waals surface area contributed by atoms with Gasteiger partial charge in [-0.15, -0.1) is 0 Å². The largest absolute Gasteiger partial charge is 0.469 e. The summed E-state index contributed by atoms with van der Waals surface area (Å²) in [6, 6.07) is 0. The summed E-state index contributed by atoms with van der Waals surface area (Å²) in [6.45, 7) is 6.37. The number of ether oxygens (including phenoxy) is 1. The van der Waals surface area contributed by atoms with Crippen molar-refractivity contribution in [2.75, 3.05) is 7.11 Å². The summed E-state index contributed by atoms with van der Waals surface area (Å²) in [6.07, 6.45) is 5.47. The van der Waals surface area contributed by atoms with Crippen LogP contribution in [-0.2, 0) is 9.53 Å². The van der Waals surface area contributed by atoms with Crippen molar-refractivity contribution in [2.24, 2.45) is 17.8 Å². The molecule has 0 aromatic rings. The summed E-state index contributed by atoms with van der Waals surface area (Å²) in [4.78, 5) is 11.7. The van der Waals surface area contributed by atoms with E-state index in [-0.39, 0.29) is 17.8 Å². The number of aliphatic hydroxyl groups is 1. The first-order chi connectivity index (χ1) is 8.47. The maximum Gasteiger partial charge on any atom is 0.311 e. The van der Waals surface area contributed by atoms with Crippen LogP contribution in [0.15, 0.2) is 11.6 Å². The molecule has 104 valence electrons. The highest BCUT2D eigenvalue weighted by Crippen LogP contribution is 2.39. The van der Waals surface area contributed by atoms with Crippen molar-refractivity contribution < 1.29 is 14.6 Å². The Bertz CT molecular complexity index is 305. The minimum absolute atomic E-state index is 0.251. The van der Waals surface area contributed by atoms with Crippen molar-refractivity contribution in [1.82, 2.24) is 0 Å². The predicted molar refractivity (Wildman–Crippen MR) is 72.1 cm³/mol. The lowest BCUT2D eigenvalue weighted by atomic mass is 9.82. The Morgan fingerprint density at radius 3 is 2.67 bits per heavy atom. The standard InChI is InChI=1S/C15H26O3/c1-10(2)6-5-7-11(3)12-8-9-13(16)14(12)15(17)18-4/h6,11-14,16H,5,7-9H2,1-4H3/t11-,12+,13+,14?/m1/s1. The van der Waals surface area contributed by atoms with E-state index in [2.05, 4.69) is 26.8 Å². The van der Waals surface area contributed by atoms with Crippen LogP contribution in [0.2, 0.25) is 0 Å². The van der Waals surface area contributed by atoms with Crippen LogP contribution < -0.4 is 0 Å². The molecule has 4 atom stereocenters. The molecule has 1 aliphatic rings. The first-order valence-corrected chi connectivity index (χ1v) is 6.86. The summed E-state index contributed by atoms with van der Waals surface area (Å²) in [5, 5.41) is 9.91. The van der Waals surface area contributed by atoms with Crippen LogP contribution in [0.3, 0.4) is 0 Å². The first-order valence-electron chi connectivity index (χ1n) is 6.86. The van der Waals surface area contributed by atoms with E-state index in [4.69, 9.17) is 4.74 Å². The molecule has 0 radical (unpaired) electrons. The van der Waals surface area contributed by atoms with Crippen LogP contribution >= 0.6 is 0 Å². The smallest absolute Gasteiger partial charge is 0.311 e. The lowest BCUT2D eigenvalue weighted by Crippen LogP contribution is -2.32. The van der Waals surface area contributed by atoms with Gasteiger partial charge in [-0.1, -0.05) is 18.6 Å². The normalized spacial score (nSPS) is 28.8. The Balaban J connectivity index is 2.58. The summed E-state index contributed by atoms with van der Waals surface area (Å²) in [7, 11) is 1.40. The highest BCUT2D eigenvalue weighted by atomic mass is 16.5. The van der Waals surface area contributed by atoms with E-state index in [1.807, 2.05) is 0 Å². The van der Waals surface area contributed by atoms with Crippen LogP contribution in [-0.4, -0.2) is 24.3 Å². The third-order valence-corrected chi connectivity index (χ3v) is 4.05. The second-order valence-electron chi connectivity index (χ2n) is 5.69. The molecule has 0 aliphatic heterocycles. The van der Waals surface area contributed by atoms with Crippen molar-refractivity contribution in [2.45, 2.75) is 52.6 Å². The molecule has 0 heterocycles. The summed E-state index contributed by atoms with van der Waals surface area (Å²) in [5.41, 5.74) is 1.33. The molecule has 3 nitrogen and oxygen atoms in total. The number of esters is 1. The monoisotopic (exact) mass is 254 g/mol. The van der Waals surface area contributed by atoms with E-state index >= 15 is 0 Å². The molecular weight excluding hydrogens is 228 g/mol.